The molecule has 7 heteroatoms. The summed E-state index contributed by atoms with van der Waals surface area (Å²) in [4.78, 5) is 32.6. The quantitative estimate of drug-likeness (QED) is 0.655. The molecule has 146 valence electrons. The highest BCUT2D eigenvalue weighted by atomic mass is 32.1. The molecule has 1 aromatic carbocycles. The van der Waals surface area contributed by atoms with E-state index in [1.165, 1.54) is 27.9 Å². The summed E-state index contributed by atoms with van der Waals surface area (Å²) in [5, 5.41) is 12.9. The Morgan fingerprint density at radius 1 is 1.39 bits per heavy atom. The van der Waals surface area contributed by atoms with Gasteiger partial charge < -0.3 is 10.4 Å². The summed E-state index contributed by atoms with van der Waals surface area (Å²) in [6.07, 6.45) is 4.94. The SMILES string of the molecule is CCC(C(=O)Nc1ccc(O)cc1)n1cnc2sc3c(c2c1=O)CCC(C)C3. The molecule has 0 radical (unpaired) electrons. The van der Waals surface area contributed by atoms with Crippen LogP contribution in [-0.4, -0.2) is 20.6 Å². The molecule has 1 amide bonds. The summed E-state index contributed by atoms with van der Waals surface area (Å²) in [5.41, 5.74) is 1.56. The van der Waals surface area contributed by atoms with Crippen LogP contribution < -0.4 is 10.9 Å². The number of phenols is 1. The van der Waals surface area contributed by atoms with Gasteiger partial charge in [0.25, 0.3) is 5.56 Å². The van der Waals surface area contributed by atoms with Crippen LogP contribution in [0.25, 0.3) is 10.2 Å². The van der Waals surface area contributed by atoms with Crippen molar-refractivity contribution in [1.82, 2.24) is 9.55 Å². The van der Waals surface area contributed by atoms with Gasteiger partial charge in [0.05, 0.1) is 11.7 Å². The van der Waals surface area contributed by atoms with Crippen molar-refractivity contribution in [3.8, 4) is 5.75 Å². The highest BCUT2D eigenvalue weighted by Crippen LogP contribution is 2.35. The van der Waals surface area contributed by atoms with Gasteiger partial charge in [-0.3, -0.25) is 14.2 Å². The highest BCUT2D eigenvalue weighted by molar-refractivity contribution is 7.18. The van der Waals surface area contributed by atoms with Gasteiger partial charge in [-0.1, -0.05) is 13.8 Å². The Hall–Kier alpha value is -2.67. The normalized spacial score (nSPS) is 17.3. The number of nitrogens with zero attached hydrogens (tertiary/aromatic N) is 2. The van der Waals surface area contributed by atoms with Crippen LogP contribution in [0.15, 0.2) is 35.4 Å². The van der Waals surface area contributed by atoms with E-state index < -0.39 is 6.04 Å². The van der Waals surface area contributed by atoms with E-state index in [9.17, 15) is 14.7 Å². The molecule has 0 aliphatic heterocycles. The van der Waals surface area contributed by atoms with E-state index in [0.29, 0.717) is 23.4 Å². The summed E-state index contributed by atoms with van der Waals surface area (Å²) in [6, 6.07) is 5.63. The molecule has 0 bridgehead atoms. The molecule has 4 rings (SSSR count). The van der Waals surface area contributed by atoms with Crippen molar-refractivity contribution in [2.24, 2.45) is 5.92 Å². The zero-order valence-corrected chi connectivity index (χ0v) is 16.8. The number of amides is 1. The number of thiophene rings is 1. The largest absolute Gasteiger partial charge is 0.508 e. The molecule has 3 aromatic rings. The van der Waals surface area contributed by atoms with Crippen molar-refractivity contribution in [2.45, 2.75) is 45.6 Å². The maximum Gasteiger partial charge on any atom is 0.263 e. The molecule has 1 aliphatic carbocycles. The molecule has 2 unspecified atom stereocenters. The first-order valence-electron chi connectivity index (χ1n) is 9.59. The van der Waals surface area contributed by atoms with Crippen LogP contribution in [0.2, 0.25) is 0 Å². The third-order valence-electron chi connectivity index (χ3n) is 5.40. The lowest BCUT2D eigenvalue weighted by Gasteiger charge is -2.19. The summed E-state index contributed by atoms with van der Waals surface area (Å²) in [6.45, 7) is 4.11. The van der Waals surface area contributed by atoms with E-state index in [0.717, 1.165) is 29.7 Å². The van der Waals surface area contributed by atoms with Crippen LogP contribution in [-0.2, 0) is 17.6 Å². The number of aromatic hydroxyl groups is 1. The number of carbonyl (C=O) groups excluding carboxylic acids is 1. The molecule has 1 aliphatic rings. The Morgan fingerprint density at radius 3 is 2.86 bits per heavy atom. The smallest absolute Gasteiger partial charge is 0.263 e. The number of rotatable bonds is 4. The van der Waals surface area contributed by atoms with Gasteiger partial charge in [-0.25, -0.2) is 4.98 Å². The molecule has 2 heterocycles. The number of nitrogens with one attached hydrogen (secondary N) is 1. The van der Waals surface area contributed by atoms with Gasteiger partial charge >= 0.3 is 0 Å². The van der Waals surface area contributed by atoms with Gasteiger partial charge in [0.1, 0.15) is 16.6 Å². The topological polar surface area (TPSA) is 84.2 Å². The van der Waals surface area contributed by atoms with Crippen molar-refractivity contribution in [3.63, 3.8) is 0 Å². The number of hydrogen-bond acceptors (Lipinski definition) is 5. The zero-order chi connectivity index (χ0) is 19.8. The predicted molar refractivity (Wildman–Crippen MR) is 111 cm³/mol. The maximum absolute atomic E-state index is 13.3. The van der Waals surface area contributed by atoms with Crippen LogP contribution >= 0.6 is 11.3 Å². The molecule has 28 heavy (non-hydrogen) atoms. The number of fused-ring (bicyclic) bond motifs is 3. The second-order valence-electron chi connectivity index (χ2n) is 7.45. The van der Waals surface area contributed by atoms with Crippen molar-refractivity contribution in [2.75, 3.05) is 5.32 Å². The Morgan fingerprint density at radius 2 is 2.14 bits per heavy atom. The second-order valence-corrected chi connectivity index (χ2v) is 8.53. The number of phenolic OH excluding ortho intramolecular Hbond substituents is 1. The van der Waals surface area contributed by atoms with E-state index in [1.54, 1.807) is 23.5 Å². The molecule has 0 spiro atoms. The lowest BCUT2D eigenvalue weighted by molar-refractivity contribution is -0.119. The van der Waals surface area contributed by atoms with Crippen LogP contribution in [0, 0.1) is 5.92 Å². The van der Waals surface area contributed by atoms with Crippen molar-refractivity contribution in [3.05, 3.63) is 51.4 Å². The Balaban J connectivity index is 1.70. The average Bonchev–Trinajstić information content (AvgIpc) is 3.04. The van der Waals surface area contributed by atoms with E-state index in [4.69, 9.17) is 0 Å². The van der Waals surface area contributed by atoms with Gasteiger partial charge in [0.15, 0.2) is 0 Å². The van der Waals surface area contributed by atoms with Crippen LogP contribution in [0.5, 0.6) is 5.75 Å². The fourth-order valence-corrected chi connectivity index (χ4v) is 5.19. The molecular formula is C21H23N3O3S. The first-order valence-corrected chi connectivity index (χ1v) is 10.4. The Labute approximate surface area is 166 Å². The molecule has 0 fully saturated rings. The van der Waals surface area contributed by atoms with Gasteiger partial charge in [-0.05, 0) is 61.4 Å². The van der Waals surface area contributed by atoms with Crippen LogP contribution in [0.3, 0.4) is 0 Å². The first-order chi connectivity index (χ1) is 13.5. The maximum atomic E-state index is 13.3. The number of aromatic nitrogens is 2. The number of aryl methyl sites for hydroxylation is 1. The predicted octanol–water partition coefficient (Wildman–Crippen LogP) is 3.88. The summed E-state index contributed by atoms with van der Waals surface area (Å²) >= 11 is 1.61. The van der Waals surface area contributed by atoms with Gasteiger partial charge in [0.2, 0.25) is 5.91 Å². The summed E-state index contributed by atoms with van der Waals surface area (Å²) in [7, 11) is 0. The molecule has 2 N–H and O–H groups in total. The van der Waals surface area contributed by atoms with E-state index >= 15 is 0 Å². The second kappa shape index (κ2) is 7.39. The molecule has 0 saturated heterocycles. The van der Waals surface area contributed by atoms with E-state index in [2.05, 4.69) is 17.2 Å². The molecule has 2 atom stereocenters. The monoisotopic (exact) mass is 397 g/mol. The lowest BCUT2D eigenvalue weighted by atomic mass is 9.89. The molecule has 2 aromatic heterocycles. The van der Waals surface area contributed by atoms with Crippen LogP contribution in [0.4, 0.5) is 5.69 Å². The zero-order valence-electron chi connectivity index (χ0n) is 15.9. The van der Waals surface area contributed by atoms with Gasteiger partial charge in [0, 0.05) is 10.6 Å². The summed E-state index contributed by atoms with van der Waals surface area (Å²) in [5.74, 6) is 0.490. The standard InChI is InChI=1S/C21H23N3O3S/c1-3-16(19(26)23-13-5-7-14(25)8-6-13)24-11-22-20-18(21(24)27)15-9-4-12(2)10-17(15)28-20/h5-8,11-12,16,25H,3-4,9-10H2,1-2H3,(H,23,26). The fraction of sp³-hybridized carbons (Fsp3) is 0.381. The molecule has 6 nitrogen and oxygen atoms in total. The van der Waals surface area contributed by atoms with Crippen LogP contribution in [0.1, 0.15) is 43.2 Å². The number of benzene rings is 1. The van der Waals surface area contributed by atoms with Gasteiger partial charge in [-0.2, -0.15) is 0 Å². The number of hydrogen-bond donors (Lipinski definition) is 2. The molecular weight excluding hydrogens is 374 g/mol. The Kier molecular flexibility index (Phi) is 4.93. The number of anilines is 1. The summed E-state index contributed by atoms with van der Waals surface area (Å²) < 4.78 is 1.46. The van der Waals surface area contributed by atoms with Gasteiger partial charge in [-0.15, -0.1) is 11.3 Å². The van der Waals surface area contributed by atoms with E-state index in [1.807, 2.05) is 6.92 Å². The van der Waals surface area contributed by atoms with Crippen molar-refractivity contribution < 1.29 is 9.90 Å². The average molecular weight is 398 g/mol. The third kappa shape index (κ3) is 3.30. The van der Waals surface area contributed by atoms with E-state index in [-0.39, 0.29) is 17.2 Å². The minimum absolute atomic E-state index is 0.132. The highest BCUT2D eigenvalue weighted by Gasteiger charge is 2.26. The molecule has 0 saturated carbocycles. The minimum atomic E-state index is -0.642. The van der Waals surface area contributed by atoms with Crippen molar-refractivity contribution >= 4 is 33.1 Å². The Bertz CT molecular complexity index is 1080. The third-order valence-corrected chi connectivity index (χ3v) is 6.56. The minimum Gasteiger partial charge on any atom is -0.508 e. The first kappa shape index (κ1) is 18.7. The number of carbonyl (C=O) groups is 1. The van der Waals surface area contributed by atoms with Crippen molar-refractivity contribution in [1.29, 1.82) is 0 Å². The lowest BCUT2D eigenvalue weighted by Crippen LogP contribution is -2.33. The fourth-order valence-electron chi connectivity index (χ4n) is 3.84.